The Morgan fingerprint density at radius 3 is 2.45 bits per heavy atom. The third-order valence-corrected chi connectivity index (χ3v) is 6.46. The lowest BCUT2D eigenvalue weighted by Gasteiger charge is -2.31. The summed E-state index contributed by atoms with van der Waals surface area (Å²) in [5.41, 5.74) is 3.27. The molecule has 1 aliphatic carbocycles. The molecule has 166 valence electrons. The van der Waals surface area contributed by atoms with Gasteiger partial charge in [0.15, 0.2) is 0 Å². The number of rotatable bonds is 8. The maximum atomic E-state index is 13.4. The number of carbonyl (C=O) groups is 2. The van der Waals surface area contributed by atoms with Crippen LogP contribution in [0.5, 0.6) is 0 Å². The lowest BCUT2D eigenvalue weighted by atomic mass is 9.85. The second-order valence-corrected chi connectivity index (χ2v) is 8.93. The van der Waals surface area contributed by atoms with Gasteiger partial charge in [0.2, 0.25) is 5.91 Å². The van der Waals surface area contributed by atoms with Crippen LogP contribution in [0.25, 0.3) is 0 Å². The molecule has 0 aliphatic heterocycles. The van der Waals surface area contributed by atoms with Crippen molar-refractivity contribution >= 4 is 34.8 Å². The van der Waals surface area contributed by atoms with E-state index >= 15 is 0 Å². The van der Waals surface area contributed by atoms with Gasteiger partial charge in [0, 0.05) is 44.0 Å². The maximum Gasteiger partial charge on any atom is 0.255 e. The highest BCUT2D eigenvalue weighted by molar-refractivity contribution is 6.33. The molecule has 1 N–H and O–H groups in total. The molecule has 1 aliphatic rings. The third-order valence-electron chi connectivity index (χ3n) is 6.13. The zero-order valence-corrected chi connectivity index (χ0v) is 19.6. The van der Waals surface area contributed by atoms with E-state index < -0.39 is 0 Å². The second-order valence-electron chi connectivity index (χ2n) is 8.53. The first-order valence-electron chi connectivity index (χ1n) is 11.0. The predicted molar refractivity (Wildman–Crippen MR) is 128 cm³/mol. The van der Waals surface area contributed by atoms with Crippen molar-refractivity contribution in [3.63, 3.8) is 0 Å². The second kappa shape index (κ2) is 10.2. The lowest BCUT2D eigenvalue weighted by molar-refractivity contribution is -0.122. The van der Waals surface area contributed by atoms with Crippen molar-refractivity contribution in [3.8, 4) is 0 Å². The van der Waals surface area contributed by atoms with Crippen molar-refractivity contribution in [1.29, 1.82) is 0 Å². The summed E-state index contributed by atoms with van der Waals surface area (Å²) in [5.74, 6) is 0.115. The van der Waals surface area contributed by atoms with Crippen molar-refractivity contribution in [2.75, 3.05) is 24.3 Å². The van der Waals surface area contributed by atoms with E-state index in [4.69, 9.17) is 11.6 Å². The van der Waals surface area contributed by atoms with Crippen molar-refractivity contribution < 1.29 is 9.59 Å². The topological polar surface area (TPSA) is 52.7 Å². The zero-order chi connectivity index (χ0) is 22.5. The summed E-state index contributed by atoms with van der Waals surface area (Å²) in [6, 6.07) is 13.1. The first-order valence-corrected chi connectivity index (χ1v) is 11.4. The Morgan fingerprint density at radius 2 is 1.87 bits per heavy atom. The Kier molecular flexibility index (Phi) is 7.60. The number of benzene rings is 2. The number of anilines is 2. The molecule has 31 heavy (non-hydrogen) atoms. The van der Waals surface area contributed by atoms with Crippen LogP contribution in [-0.2, 0) is 11.3 Å². The van der Waals surface area contributed by atoms with Crippen LogP contribution < -0.4 is 10.2 Å². The van der Waals surface area contributed by atoms with Crippen molar-refractivity contribution in [1.82, 2.24) is 4.90 Å². The van der Waals surface area contributed by atoms with Gasteiger partial charge >= 0.3 is 0 Å². The van der Waals surface area contributed by atoms with Crippen LogP contribution in [0.2, 0.25) is 5.02 Å². The molecule has 3 rings (SSSR count). The minimum absolute atomic E-state index is 0.0343. The number of hydrogen-bond acceptors (Lipinski definition) is 3. The van der Waals surface area contributed by atoms with Crippen LogP contribution in [0.3, 0.4) is 0 Å². The molecule has 1 fully saturated rings. The van der Waals surface area contributed by atoms with Crippen LogP contribution in [0, 0.1) is 5.92 Å². The van der Waals surface area contributed by atoms with Crippen LogP contribution >= 0.6 is 11.6 Å². The fourth-order valence-corrected chi connectivity index (χ4v) is 3.98. The predicted octanol–water partition coefficient (Wildman–Crippen LogP) is 5.59. The van der Waals surface area contributed by atoms with E-state index in [-0.39, 0.29) is 23.8 Å². The molecular weight excluding hydrogens is 410 g/mol. The van der Waals surface area contributed by atoms with E-state index in [9.17, 15) is 9.59 Å². The number of hydrogen-bond donors (Lipinski definition) is 1. The van der Waals surface area contributed by atoms with Gasteiger partial charge in [-0.05, 0) is 62.1 Å². The smallest absolute Gasteiger partial charge is 0.255 e. The molecular formula is C25H32ClN3O2. The molecule has 0 aromatic heterocycles. The summed E-state index contributed by atoms with van der Waals surface area (Å²) in [6.07, 6.45) is 3.87. The lowest BCUT2D eigenvalue weighted by Crippen LogP contribution is -2.38. The summed E-state index contributed by atoms with van der Waals surface area (Å²) in [7, 11) is 3.96. The normalized spacial score (nSPS) is 14.5. The highest BCUT2D eigenvalue weighted by Gasteiger charge is 2.26. The van der Waals surface area contributed by atoms with E-state index in [1.807, 2.05) is 61.2 Å². The van der Waals surface area contributed by atoms with Gasteiger partial charge in [-0.15, -0.1) is 0 Å². The van der Waals surface area contributed by atoms with E-state index in [0.717, 1.165) is 42.6 Å². The van der Waals surface area contributed by atoms with Gasteiger partial charge in [0.05, 0.1) is 10.6 Å². The van der Waals surface area contributed by atoms with Gasteiger partial charge < -0.3 is 15.1 Å². The van der Waals surface area contributed by atoms with Gasteiger partial charge in [-0.25, -0.2) is 0 Å². The number of amides is 2. The van der Waals surface area contributed by atoms with Gasteiger partial charge in [0.25, 0.3) is 5.91 Å². The van der Waals surface area contributed by atoms with Gasteiger partial charge in [-0.3, -0.25) is 9.59 Å². The van der Waals surface area contributed by atoms with E-state index in [1.54, 1.807) is 12.1 Å². The summed E-state index contributed by atoms with van der Waals surface area (Å²) in [5, 5.41) is 3.51. The first kappa shape index (κ1) is 23.1. The fraction of sp³-hybridized carbons (Fsp3) is 0.440. The molecule has 1 atom stereocenters. The van der Waals surface area contributed by atoms with Gasteiger partial charge in [0.1, 0.15) is 0 Å². The molecule has 0 bridgehead atoms. The van der Waals surface area contributed by atoms with Crippen molar-refractivity contribution in [3.05, 3.63) is 58.6 Å². The Balaban J connectivity index is 1.91. The van der Waals surface area contributed by atoms with Crippen LogP contribution in [0.1, 0.15) is 55.5 Å². The molecule has 2 aromatic rings. The van der Waals surface area contributed by atoms with Crippen LogP contribution in [0.4, 0.5) is 11.4 Å². The molecule has 0 saturated heterocycles. The van der Waals surface area contributed by atoms with Crippen molar-refractivity contribution in [2.45, 2.75) is 52.1 Å². The summed E-state index contributed by atoms with van der Waals surface area (Å²) < 4.78 is 0. The van der Waals surface area contributed by atoms with E-state index in [0.29, 0.717) is 17.1 Å². The quantitative estimate of drug-likeness (QED) is 0.581. The first-order chi connectivity index (χ1) is 14.8. The standard InChI is InChI=1S/C25H32ClN3O2/c1-5-17(2)29(25(31)21-11-6-7-12-22(21)26)16-19-15-20(13-14-23(19)28(3)4)27-24(30)18-9-8-10-18/h6-7,11-15,17-18H,5,8-10,16H2,1-4H3,(H,27,30). The molecule has 0 radical (unpaired) electrons. The molecule has 0 heterocycles. The molecule has 2 amide bonds. The molecule has 6 heteroatoms. The summed E-state index contributed by atoms with van der Waals surface area (Å²) in [4.78, 5) is 29.7. The Bertz CT molecular complexity index is 940. The molecule has 5 nitrogen and oxygen atoms in total. The average Bonchev–Trinajstić information content (AvgIpc) is 2.70. The summed E-state index contributed by atoms with van der Waals surface area (Å²) >= 11 is 6.32. The average molecular weight is 442 g/mol. The highest BCUT2D eigenvalue weighted by Crippen LogP contribution is 2.30. The molecule has 1 unspecified atom stereocenters. The van der Waals surface area contributed by atoms with E-state index in [1.165, 1.54) is 0 Å². The minimum Gasteiger partial charge on any atom is -0.377 e. The van der Waals surface area contributed by atoms with Crippen LogP contribution in [-0.4, -0.2) is 36.9 Å². The largest absolute Gasteiger partial charge is 0.377 e. The highest BCUT2D eigenvalue weighted by atomic mass is 35.5. The molecule has 0 spiro atoms. The van der Waals surface area contributed by atoms with Gasteiger partial charge in [-0.2, -0.15) is 0 Å². The number of halogens is 1. The number of nitrogens with one attached hydrogen (secondary N) is 1. The molecule has 2 aromatic carbocycles. The molecule has 1 saturated carbocycles. The van der Waals surface area contributed by atoms with E-state index in [2.05, 4.69) is 12.2 Å². The van der Waals surface area contributed by atoms with Gasteiger partial charge in [-0.1, -0.05) is 37.1 Å². The Hall–Kier alpha value is -2.53. The van der Waals surface area contributed by atoms with Crippen LogP contribution in [0.15, 0.2) is 42.5 Å². The monoisotopic (exact) mass is 441 g/mol. The Morgan fingerprint density at radius 1 is 1.16 bits per heavy atom. The number of carbonyl (C=O) groups excluding carboxylic acids is 2. The fourth-order valence-electron chi connectivity index (χ4n) is 3.76. The zero-order valence-electron chi connectivity index (χ0n) is 18.8. The Labute approximate surface area is 190 Å². The minimum atomic E-state index is -0.0893. The maximum absolute atomic E-state index is 13.4. The summed E-state index contributed by atoms with van der Waals surface area (Å²) in [6.45, 7) is 4.55. The van der Waals surface area contributed by atoms with Crippen molar-refractivity contribution in [2.24, 2.45) is 5.92 Å². The third kappa shape index (κ3) is 5.40. The number of nitrogens with zero attached hydrogens (tertiary/aromatic N) is 2. The SMILES string of the molecule is CCC(C)N(Cc1cc(NC(=O)C2CCC2)ccc1N(C)C)C(=O)c1ccccc1Cl.